The lowest BCUT2D eigenvalue weighted by Crippen LogP contribution is -1.88. The van der Waals surface area contributed by atoms with Gasteiger partial charge in [-0.3, -0.25) is 0 Å². The Balaban J connectivity index is 2.19. The summed E-state index contributed by atoms with van der Waals surface area (Å²) < 4.78 is 5.99. The van der Waals surface area contributed by atoms with Gasteiger partial charge in [-0.1, -0.05) is 55.5 Å². The molecule has 0 saturated carbocycles. The molecule has 2 aromatic carbocycles. The zero-order chi connectivity index (χ0) is 15.1. The fourth-order valence-corrected chi connectivity index (χ4v) is 2.23. The Bertz CT molecular complexity index is 633. The molecular weight excluding hydrogens is 256 g/mol. The zero-order valence-corrected chi connectivity index (χ0v) is 13.0. The highest BCUT2D eigenvalue weighted by Crippen LogP contribution is 2.27. The van der Waals surface area contributed by atoms with E-state index in [1.54, 1.807) is 0 Å². The van der Waals surface area contributed by atoms with E-state index in [1.165, 1.54) is 11.1 Å². The minimum absolute atomic E-state index is 0.861. The Morgan fingerprint density at radius 1 is 1.05 bits per heavy atom. The number of para-hydroxylation sites is 1. The molecule has 0 aliphatic carbocycles. The van der Waals surface area contributed by atoms with Gasteiger partial charge in [-0.25, -0.2) is 0 Å². The van der Waals surface area contributed by atoms with Gasteiger partial charge in [0.1, 0.15) is 11.5 Å². The van der Waals surface area contributed by atoms with Crippen molar-refractivity contribution in [2.75, 3.05) is 0 Å². The molecule has 1 nitrogen and oxygen atoms in total. The molecule has 0 N–H and O–H groups in total. The first-order valence-corrected chi connectivity index (χ1v) is 7.41. The SMILES string of the molecule is C/C=C/c1ccccc1Oc1ccc(/C(C)=C/CC)cc1. The van der Waals surface area contributed by atoms with Crippen molar-refractivity contribution in [1.82, 2.24) is 0 Å². The van der Waals surface area contributed by atoms with E-state index in [1.807, 2.05) is 43.3 Å². The molecule has 0 atom stereocenters. The predicted molar refractivity (Wildman–Crippen MR) is 91.6 cm³/mol. The van der Waals surface area contributed by atoms with Gasteiger partial charge in [0.05, 0.1) is 0 Å². The van der Waals surface area contributed by atoms with E-state index in [0.717, 1.165) is 23.5 Å². The van der Waals surface area contributed by atoms with Crippen LogP contribution in [0.25, 0.3) is 11.6 Å². The average molecular weight is 278 g/mol. The van der Waals surface area contributed by atoms with Crippen LogP contribution in [0.1, 0.15) is 38.3 Å². The summed E-state index contributed by atoms with van der Waals surface area (Å²) in [6, 6.07) is 16.3. The first-order chi connectivity index (χ1) is 10.2. The normalized spacial score (nSPS) is 11.9. The summed E-state index contributed by atoms with van der Waals surface area (Å²) in [5.41, 5.74) is 3.63. The lowest BCUT2D eigenvalue weighted by molar-refractivity contribution is 0.481. The number of rotatable bonds is 5. The van der Waals surface area contributed by atoms with Crippen molar-refractivity contribution in [3.8, 4) is 11.5 Å². The van der Waals surface area contributed by atoms with E-state index >= 15 is 0 Å². The number of allylic oxidation sites excluding steroid dienone is 3. The molecule has 2 aromatic rings. The quantitative estimate of drug-likeness (QED) is 0.621. The van der Waals surface area contributed by atoms with Crippen LogP contribution in [-0.2, 0) is 0 Å². The van der Waals surface area contributed by atoms with Crippen molar-refractivity contribution in [3.05, 3.63) is 71.8 Å². The third-order valence-corrected chi connectivity index (χ3v) is 3.31. The summed E-state index contributed by atoms with van der Waals surface area (Å²) in [6.07, 6.45) is 7.36. The third-order valence-electron chi connectivity index (χ3n) is 3.31. The molecule has 0 saturated heterocycles. The van der Waals surface area contributed by atoms with Crippen LogP contribution in [0.3, 0.4) is 0 Å². The summed E-state index contributed by atoms with van der Waals surface area (Å²) >= 11 is 0. The molecule has 0 aromatic heterocycles. The first kappa shape index (κ1) is 15.1. The molecule has 21 heavy (non-hydrogen) atoms. The van der Waals surface area contributed by atoms with Crippen molar-refractivity contribution >= 4 is 11.6 Å². The fraction of sp³-hybridized carbons (Fsp3) is 0.200. The van der Waals surface area contributed by atoms with Crippen LogP contribution in [0.2, 0.25) is 0 Å². The average Bonchev–Trinajstić information content (AvgIpc) is 2.50. The Kier molecular flexibility index (Phi) is 5.39. The minimum atomic E-state index is 0.861. The summed E-state index contributed by atoms with van der Waals surface area (Å²) in [4.78, 5) is 0. The predicted octanol–water partition coefficient (Wildman–Crippen LogP) is 6.33. The maximum atomic E-state index is 5.99. The second-order valence-corrected chi connectivity index (χ2v) is 4.96. The molecule has 0 unspecified atom stereocenters. The van der Waals surface area contributed by atoms with E-state index in [9.17, 15) is 0 Å². The van der Waals surface area contributed by atoms with E-state index in [-0.39, 0.29) is 0 Å². The fourth-order valence-electron chi connectivity index (χ4n) is 2.23. The second-order valence-electron chi connectivity index (χ2n) is 4.96. The van der Waals surface area contributed by atoms with E-state index in [2.05, 4.69) is 44.2 Å². The van der Waals surface area contributed by atoms with Crippen LogP contribution >= 0.6 is 0 Å². The molecule has 0 bridgehead atoms. The van der Waals surface area contributed by atoms with Crippen molar-refractivity contribution in [2.45, 2.75) is 27.2 Å². The van der Waals surface area contributed by atoms with Gasteiger partial charge in [-0.2, -0.15) is 0 Å². The zero-order valence-electron chi connectivity index (χ0n) is 13.0. The molecule has 0 amide bonds. The van der Waals surface area contributed by atoms with Crippen LogP contribution in [0.4, 0.5) is 0 Å². The molecule has 0 radical (unpaired) electrons. The minimum Gasteiger partial charge on any atom is -0.457 e. The van der Waals surface area contributed by atoms with Crippen LogP contribution in [0.5, 0.6) is 11.5 Å². The Hall–Kier alpha value is -2.28. The van der Waals surface area contributed by atoms with Crippen molar-refractivity contribution in [1.29, 1.82) is 0 Å². The summed E-state index contributed by atoms with van der Waals surface area (Å²) in [5.74, 6) is 1.74. The van der Waals surface area contributed by atoms with E-state index in [4.69, 9.17) is 4.74 Å². The van der Waals surface area contributed by atoms with E-state index in [0.29, 0.717) is 0 Å². The van der Waals surface area contributed by atoms with E-state index < -0.39 is 0 Å². The lowest BCUT2D eigenvalue weighted by atomic mass is 10.1. The molecule has 0 aliphatic rings. The molecule has 1 heteroatoms. The smallest absolute Gasteiger partial charge is 0.134 e. The molecular formula is C20H22O. The first-order valence-electron chi connectivity index (χ1n) is 7.41. The number of hydrogen-bond acceptors (Lipinski definition) is 1. The standard InChI is InChI=1S/C20H22O/c1-4-8-16(3)17-12-14-19(15-13-17)21-20-11-7-6-10-18(20)9-5-2/h5-15H,4H2,1-3H3/b9-5+,16-8+. The van der Waals surface area contributed by atoms with Crippen LogP contribution < -0.4 is 4.74 Å². The highest BCUT2D eigenvalue weighted by atomic mass is 16.5. The van der Waals surface area contributed by atoms with Gasteiger partial charge in [0.25, 0.3) is 0 Å². The summed E-state index contributed by atoms with van der Waals surface area (Å²) in [6.45, 7) is 6.30. The Labute approximate surface area is 127 Å². The van der Waals surface area contributed by atoms with Gasteiger partial charge in [-0.15, -0.1) is 0 Å². The largest absolute Gasteiger partial charge is 0.457 e. The molecule has 0 aliphatic heterocycles. The van der Waals surface area contributed by atoms with Crippen LogP contribution in [-0.4, -0.2) is 0 Å². The maximum Gasteiger partial charge on any atom is 0.134 e. The van der Waals surface area contributed by atoms with Gasteiger partial charge < -0.3 is 4.74 Å². The number of ether oxygens (including phenoxy) is 1. The van der Waals surface area contributed by atoms with Crippen molar-refractivity contribution < 1.29 is 4.74 Å². The Morgan fingerprint density at radius 2 is 1.76 bits per heavy atom. The molecule has 108 valence electrons. The van der Waals surface area contributed by atoms with Crippen molar-refractivity contribution in [2.24, 2.45) is 0 Å². The highest BCUT2D eigenvalue weighted by molar-refractivity contribution is 5.64. The van der Waals surface area contributed by atoms with Crippen LogP contribution in [0.15, 0.2) is 60.7 Å². The highest BCUT2D eigenvalue weighted by Gasteiger charge is 2.02. The van der Waals surface area contributed by atoms with Crippen molar-refractivity contribution in [3.63, 3.8) is 0 Å². The van der Waals surface area contributed by atoms with Crippen LogP contribution in [0, 0.1) is 0 Å². The summed E-state index contributed by atoms with van der Waals surface area (Å²) in [7, 11) is 0. The lowest BCUT2D eigenvalue weighted by Gasteiger charge is -2.09. The summed E-state index contributed by atoms with van der Waals surface area (Å²) in [5, 5.41) is 0. The van der Waals surface area contributed by atoms with Gasteiger partial charge in [-0.05, 0) is 49.6 Å². The van der Waals surface area contributed by atoms with Gasteiger partial charge in [0, 0.05) is 5.56 Å². The van der Waals surface area contributed by atoms with Gasteiger partial charge in [0.15, 0.2) is 0 Å². The monoisotopic (exact) mass is 278 g/mol. The Morgan fingerprint density at radius 3 is 2.43 bits per heavy atom. The second kappa shape index (κ2) is 7.49. The molecule has 0 heterocycles. The molecule has 0 fully saturated rings. The van der Waals surface area contributed by atoms with Gasteiger partial charge >= 0.3 is 0 Å². The number of hydrogen-bond donors (Lipinski definition) is 0. The molecule has 2 rings (SSSR count). The van der Waals surface area contributed by atoms with Gasteiger partial charge in [0.2, 0.25) is 0 Å². The third kappa shape index (κ3) is 4.09. The topological polar surface area (TPSA) is 9.23 Å². The number of benzene rings is 2. The maximum absolute atomic E-state index is 5.99. The molecule has 0 spiro atoms.